The van der Waals surface area contributed by atoms with Crippen molar-refractivity contribution in [3.63, 3.8) is 0 Å². The fourth-order valence-corrected chi connectivity index (χ4v) is 1.50. The van der Waals surface area contributed by atoms with Crippen LogP contribution >= 0.6 is 0 Å². The second-order valence-electron chi connectivity index (χ2n) is 4.42. The Bertz CT molecular complexity index is 444. The molecule has 0 radical (unpaired) electrons. The highest BCUT2D eigenvalue weighted by Crippen LogP contribution is 2.14. The number of aliphatic hydroxyl groups is 1. The molecule has 0 aliphatic heterocycles. The van der Waals surface area contributed by atoms with Crippen LogP contribution in [0.1, 0.15) is 31.1 Å². The van der Waals surface area contributed by atoms with Crippen molar-refractivity contribution in [2.24, 2.45) is 0 Å². The monoisotopic (exact) mass is 265 g/mol. The van der Waals surface area contributed by atoms with Crippen molar-refractivity contribution in [3.8, 4) is 0 Å². The zero-order chi connectivity index (χ0) is 14.5. The number of hydrogen-bond donors (Lipinski definition) is 2. The second kappa shape index (κ2) is 6.33. The smallest absolute Gasteiger partial charge is 0.334 e. The molecular weight excluding hydrogens is 246 g/mol. The summed E-state index contributed by atoms with van der Waals surface area (Å²) in [7, 11) is 0. The van der Waals surface area contributed by atoms with Gasteiger partial charge in [-0.2, -0.15) is 0 Å². The van der Waals surface area contributed by atoms with E-state index in [0.717, 1.165) is 0 Å². The van der Waals surface area contributed by atoms with E-state index in [0.29, 0.717) is 5.56 Å². The lowest BCUT2D eigenvalue weighted by Crippen LogP contribution is -2.59. The molecular formula is C14H19NO4. The maximum absolute atomic E-state index is 12.0. The largest absolute Gasteiger partial charge is 0.464 e. The molecule has 5 heteroatoms. The zero-order valence-electron chi connectivity index (χ0n) is 11.3. The Hall–Kier alpha value is -1.88. The summed E-state index contributed by atoms with van der Waals surface area (Å²) in [6.07, 6.45) is -1.07. The average molecular weight is 265 g/mol. The van der Waals surface area contributed by atoms with E-state index in [1.807, 2.05) is 0 Å². The molecule has 0 spiro atoms. The highest BCUT2D eigenvalue weighted by Gasteiger charge is 2.41. The van der Waals surface area contributed by atoms with E-state index < -0.39 is 23.5 Å². The molecule has 0 aromatic heterocycles. The van der Waals surface area contributed by atoms with Crippen LogP contribution in [0, 0.1) is 0 Å². The number of ether oxygens (including phenoxy) is 1. The van der Waals surface area contributed by atoms with Crippen molar-refractivity contribution in [1.29, 1.82) is 0 Å². The predicted octanol–water partition coefficient (Wildman–Crippen LogP) is 1.12. The van der Waals surface area contributed by atoms with E-state index in [-0.39, 0.29) is 6.61 Å². The first-order valence-electron chi connectivity index (χ1n) is 6.14. The van der Waals surface area contributed by atoms with Crippen molar-refractivity contribution in [1.82, 2.24) is 5.32 Å². The van der Waals surface area contributed by atoms with Gasteiger partial charge in [0.1, 0.15) is 0 Å². The Morgan fingerprint density at radius 3 is 2.42 bits per heavy atom. The molecule has 0 fully saturated rings. The van der Waals surface area contributed by atoms with Gasteiger partial charge in [-0.3, -0.25) is 4.79 Å². The predicted molar refractivity (Wildman–Crippen MR) is 70.6 cm³/mol. The number of aliphatic hydroxyl groups excluding tert-OH is 1. The molecule has 5 nitrogen and oxygen atoms in total. The highest BCUT2D eigenvalue weighted by atomic mass is 16.5. The van der Waals surface area contributed by atoms with Crippen LogP contribution in [-0.4, -0.2) is 35.2 Å². The van der Waals surface area contributed by atoms with Crippen molar-refractivity contribution in [3.05, 3.63) is 35.9 Å². The molecule has 1 aromatic carbocycles. The molecule has 2 N–H and O–H groups in total. The minimum Gasteiger partial charge on any atom is -0.464 e. The van der Waals surface area contributed by atoms with Gasteiger partial charge in [0.05, 0.1) is 12.7 Å². The lowest BCUT2D eigenvalue weighted by Gasteiger charge is -2.31. The summed E-state index contributed by atoms with van der Waals surface area (Å²) in [5.74, 6) is -1.09. The van der Waals surface area contributed by atoms with E-state index in [1.165, 1.54) is 13.8 Å². The van der Waals surface area contributed by atoms with Gasteiger partial charge >= 0.3 is 5.97 Å². The first kappa shape index (κ1) is 15.2. The minimum absolute atomic E-state index is 0.183. The number of rotatable bonds is 5. The summed E-state index contributed by atoms with van der Waals surface area (Å²) in [5.41, 5.74) is -1.05. The maximum Gasteiger partial charge on any atom is 0.334 e. The van der Waals surface area contributed by atoms with E-state index in [9.17, 15) is 14.7 Å². The van der Waals surface area contributed by atoms with Gasteiger partial charge in [-0.25, -0.2) is 4.79 Å². The fourth-order valence-electron chi connectivity index (χ4n) is 1.50. The van der Waals surface area contributed by atoms with Gasteiger partial charge in [-0.1, -0.05) is 18.2 Å². The molecule has 19 heavy (non-hydrogen) atoms. The van der Waals surface area contributed by atoms with Gasteiger partial charge in [0, 0.05) is 5.56 Å². The van der Waals surface area contributed by atoms with Crippen LogP contribution in [0.25, 0.3) is 0 Å². The van der Waals surface area contributed by atoms with Crippen molar-refractivity contribution >= 4 is 11.9 Å². The molecule has 1 aromatic rings. The number of amides is 1. The minimum atomic E-state index is -1.47. The number of carbonyl (C=O) groups excluding carboxylic acids is 2. The molecule has 1 rings (SSSR count). The second-order valence-corrected chi connectivity index (χ2v) is 4.42. The van der Waals surface area contributed by atoms with Crippen LogP contribution < -0.4 is 5.32 Å². The molecule has 0 bridgehead atoms. The van der Waals surface area contributed by atoms with Crippen molar-refractivity contribution in [2.45, 2.75) is 32.4 Å². The summed E-state index contributed by atoms with van der Waals surface area (Å²) in [5, 5.41) is 12.3. The standard InChI is InChI=1S/C14H19NO4/c1-4-19-13(18)14(3,10(2)16)15-12(17)11-8-6-5-7-9-11/h5-10,16H,4H2,1-3H3,(H,15,17)/t10-,14+/m0/s1. The van der Waals surface area contributed by atoms with Gasteiger partial charge < -0.3 is 15.2 Å². The molecule has 0 aliphatic rings. The highest BCUT2D eigenvalue weighted by molar-refractivity contribution is 5.98. The number of esters is 1. The first-order valence-corrected chi connectivity index (χ1v) is 6.14. The van der Waals surface area contributed by atoms with E-state index in [4.69, 9.17) is 4.74 Å². The number of nitrogens with one attached hydrogen (secondary N) is 1. The lowest BCUT2D eigenvalue weighted by atomic mass is 9.95. The molecule has 0 saturated heterocycles. The molecule has 104 valence electrons. The van der Waals surface area contributed by atoms with Crippen LogP contribution in [0.3, 0.4) is 0 Å². The first-order chi connectivity index (χ1) is 8.91. The lowest BCUT2D eigenvalue weighted by molar-refractivity contribution is -0.154. The summed E-state index contributed by atoms with van der Waals surface area (Å²) < 4.78 is 4.89. The Morgan fingerprint density at radius 1 is 1.37 bits per heavy atom. The van der Waals surface area contributed by atoms with Gasteiger partial charge in [0.2, 0.25) is 0 Å². The quantitative estimate of drug-likeness (QED) is 0.782. The van der Waals surface area contributed by atoms with Crippen LogP contribution in [0.5, 0.6) is 0 Å². The van der Waals surface area contributed by atoms with Gasteiger partial charge in [-0.05, 0) is 32.9 Å². The van der Waals surface area contributed by atoms with Crippen LogP contribution in [-0.2, 0) is 9.53 Å². The van der Waals surface area contributed by atoms with Crippen LogP contribution in [0.15, 0.2) is 30.3 Å². The Morgan fingerprint density at radius 2 is 1.95 bits per heavy atom. The molecule has 0 aliphatic carbocycles. The Balaban J connectivity index is 2.91. The third-order valence-electron chi connectivity index (χ3n) is 2.94. The Labute approximate surface area is 112 Å². The topological polar surface area (TPSA) is 75.6 Å². The maximum atomic E-state index is 12.0. The van der Waals surface area contributed by atoms with Gasteiger partial charge in [0.25, 0.3) is 5.91 Å². The zero-order valence-corrected chi connectivity index (χ0v) is 11.3. The summed E-state index contributed by atoms with van der Waals surface area (Å²) in [6, 6.07) is 8.49. The fraction of sp³-hybridized carbons (Fsp3) is 0.429. The number of carbonyl (C=O) groups is 2. The molecule has 0 unspecified atom stereocenters. The van der Waals surface area contributed by atoms with E-state index in [1.54, 1.807) is 37.3 Å². The number of hydrogen-bond acceptors (Lipinski definition) is 4. The van der Waals surface area contributed by atoms with Crippen molar-refractivity contribution < 1.29 is 19.4 Å². The molecule has 0 heterocycles. The summed E-state index contributed by atoms with van der Waals surface area (Å²) >= 11 is 0. The van der Waals surface area contributed by atoms with Crippen molar-refractivity contribution in [2.75, 3.05) is 6.61 Å². The summed E-state index contributed by atoms with van der Waals surface area (Å²) in [4.78, 5) is 23.9. The molecule has 1 amide bonds. The Kier molecular flexibility index (Phi) is 5.06. The van der Waals surface area contributed by atoms with Crippen LogP contribution in [0.4, 0.5) is 0 Å². The van der Waals surface area contributed by atoms with Crippen LogP contribution in [0.2, 0.25) is 0 Å². The summed E-state index contributed by atoms with van der Waals surface area (Å²) in [6.45, 7) is 4.72. The third-order valence-corrected chi connectivity index (χ3v) is 2.94. The van der Waals surface area contributed by atoms with Gasteiger partial charge in [-0.15, -0.1) is 0 Å². The third kappa shape index (κ3) is 3.54. The number of benzene rings is 1. The normalized spacial score (nSPS) is 15.2. The van der Waals surface area contributed by atoms with Gasteiger partial charge in [0.15, 0.2) is 5.54 Å². The average Bonchev–Trinajstić information content (AvgIpc) is 2.39. The van der Waals surface area contributed by atoms with E-state index >= 15 is 0 Å². The molecule has 2 atom stereocenters. The molecule has 0 saturated carbocycles. The SMILES string of the molecule is CCOC(=O)[C@](C)(NC(=O)c1ccccc1)[C@H](C)O. The van der Waals surface area contributed by atoms with E-state index in [2.05, 4.69) is 5.32 Å².